The van der Waals surface area contributed by atoms with Gasteiger partial charge in [-0.05, 0) is 35.7 Å². The van der Waals surface area contributed by atoms with Gasteiger partial charge in [0.2, 0.25) is 23.5 Å². The topological polar surface area (TPSA) is 217 Å². The number of likely N-dealkylation sites (tertiary alicyclic amines) is 1. The summed E-state index contributed by atoms with van der Waals surface area (Å²) in [6.45, 7) is 12.7. The molecule has 1 fully saturated rings. The molecular weight excluding hydrogens is 682 g/mol. The zero-order chi connectivity index (χ0) is 39.5. The van der Waals surface area contributed by atoms with E-state index in [2.05, 4.69) is 31.2 Å². The first-order valence-corrected chi connectivity index (χ1v) is 18.1. The lowest BCUT2D eigenvalue weighted by Gasteiger charge is -2.37. The minimum atomic E-state index is -1.38. The predicted molar refractivity (Wildman–Crippen MR) is 195 cm³/mol. The third-order valence-corrected chi connectivity index (χ3v) is 9.35. The molecule has 0 bridgehead atoms. The molecule has 1 aromatic heterocycles. The van der Waals surface area contributed by atoms with Crippen LogP contribution in [-0.4, -0.2) is 98.0 Å². The molecule has 5 N–H and O–H groups in total. The van der Waals surface area contributed by atoms with Crippen molar-refractivity contribution >= 4 is 41.3 Å². The molecule has 15 nitrogen and oxygen atoms in total. The van der Waals surface area contributed by atoms with Gasteiger partial charge in [-0.3, -0.25) is 33.8 Å². The second-order valence-electron chi connectivity index (χ2n) is 14.8. The number of nitrogens with one attached hydrogen (secondary N) is 4. The summed E-state index contributed by atoms with van der Waals surface area (Å²) in [6, 6.07) is 2.88. The van der Waals surface area contributed by atoms with Crippen LogP contribution in [0, 0.1) is 17.3 Å². The van der Waals surface area contributed by atoms with Crippen LogP contribution in [0.2, 0.25) is 0 Å². The number of ketones is 1. The molecule has 0 radical (unpaired) electrons. The fraction of sp³-hybridized carbons (Fsp3) is 0.553. The van der Waals surface area contributed by atoms with Crippen molar-refractivity contribution in [3.8, 4) is 0 Å². The van der Waals surface area contributed by atoms with Crippen LogP contribution >= 0.6 is 0 Å². The van der Waals surface area contributed by atoms with Crippen molar-refractivity contribution in [1.82, 2.24) is 36.1 Å². The first kappa shape index (κ1) is 42.2. The molecule has 1 aliphatic rings. The van der Waals surface area contributed by atoms with E-state index in [9.17, 15) is 38.7 Å². The molecule has 6 atom stereocenters. The van der Waals surface area contributed by atoms with E-state index >= 15 is 0 Å². The number of benzene rings is 1. The lowest BCUT2D eigenvalue weighted by Crippen LogP contribution is -2.62. The molecule has 15 heteroatoms. The van der Waals surface area contributed by atoms with Crippen molar-refractivity contribution in [2.45, 2.75) is 111 Å². The van der Waals surface area contributed by atoms with Crippen molar-refractivity contribution in [2.24, 2.45) is 17.3 Å². The minimum absolute atomic E-state index is 0.0251. The number of carbonyl (C=O) groups is 7. The maximum atomic E-state index is 14.4. The zero-order valence-corrected chi connectivity index (χ0v) is 31.5. The van der Waals surface area contributed by atoms with Crippen molar-refractivity contribution in [3.05, 3.63) is 60.2 Å². The van der Waals surface area contributed by atoms with Gasteiger partial charge in [0.25, 0.3) is 11.8 Å². The highest BCUT2D eigenvalue weighted by atomic mass is 16.4. The molecule has 2 aromatic rings. The van der Waals surface area contributed by atoms with Crippen LogP contribution in [0.4, 0.5) is 0 Å². The number of rotatable bonds is 17. The van der Waals surface area contributed by atoms with E-state index in [-0.39, 0.29) is 36.9 Å². The Bertz CT molecular complexity index is 1610. The molecule has 1 unspecified atom stereocenters. The third kappa shape index (κ3) is 11.4. The van der Waals surface area contributed by atoms with Crippen molar-refractivity contribution in [1.29, 1.82) is 0 Å². The van der Waals surface area contributed by atoms with Gasteiger partial charge in [-0.1, -0.05) is 91.6 Å². The fourth-order valence-electron chi connectivity index (χ4n) is 6.35. The highest BCUT2D eigenvalue weighted by Gasteiger charge is 2.47. The van der Waals surface area contributed by atoms with E-state index in [0.717, 1.165) is 0 Å². The molecule has 1 aromatic carbocycles. The molecule has 3 rings (SSSR count). The van der Waals surface area contributed by atoms with Gasteiger partial charge in [-0.25, -0.2) is 9.78 Å². The molecule has 0 saturated carbocycles. The second-order valence-corrected chi connectivity index (χ2v) is 14.8. The van der Waals surface area contributed by atoms with Crippen molar-refractivity contribution in [2.75, 3.05) is 6.54 Å². The number of carboxylic acid groups (broad SMARTS) is 1. The van der Waals surface area contributed by atoms with E-state index in [4.69, 9.17) is 0 Å². The Kier molecular flexibility index (Phi) is 15.2. The Balaban J connectivity index is 1.80. The number of Topliss-reactive ketones (excluding diaryl/α,β-unsaturated/α-hetero) is 1. The van der Waals surface area contributed by atoms with E-state index in [1.165, 1.54) is 23.5 Å². The van der Waals surface area contributed by atoms with Gasteiger partial charge in [0.1, 0.15) is 29.9 Å². The molecule has 2 heterocycles. The van der Waals surface area contributed by atoms with Gasteiger partial charge in [-0.2, -0.15) is 0 Å². The van der Waals surface area contributed by atoms with Gasteiger partial charge in [-0.15, -0.1) is 0 Å². The van der Waals surface area contributed by atoms with E-state index < -0.39 is 76.9 Å². The normalized spacial score (nSPS) is 17.9. The average Bonchev–Trinajstić information content (AvgIpc) is 3.56. The van der Waals surface area contributed by atoms with Crippen LogP contribution in [0.5, 0.6) is 0 Å². The number of amides is 5. The van der Waals surface area contributed by atoms with Crippen LogP contribution in [0.1, 0.15) is 90.2 Å². The standard InChI is InChI=1S/C38H53N7O8/c1-8-13-25(30(46)35(50)42-26(37(52)53)20-23-14-11-10-12-15-23)41-34(49)29-24(9-2)16-19-45(29)36(51)31(38(5,6)7)44-33(48)28(22(3)4)43-32(47)27-21-39-17-18-40-27/h10-12,14-15,17-18,21-22,24-26,28-29,31H,8-9,13,16,19-20H2,1-7H3,(H,41,49)(H,42,50)(H,43,47)(H,44,48)(H,52,53)/t24-,25?,26-,28-,29-,31+/m0/s1. The summed E-state index contributed by atoms with van der Waals surface area (Å²) in [5.41, 5.74) is -0.149. The molecule has 0 spiro atoms. The van der Waals surface area contributed by atoms with Gasteiger partial charge in [0.15, 0.2) is 0 Å². The molecule has 1 aliphatic heterocycles. The van der Waals surface area contributed by atoms with Crippen LogP contribution < -0.4 is 21.3 Å². The van der Waals surface area contributed by atoms with Crippen molar-refractivity contribution < 1.29 is 38.7 Å². The first-order chi connectivity index (χ1) is 25.0. The van der Waals surface area contributed by atoms with Gasteiger partial charge >= 0.3 is 5.97 Å². The molecule has 53 heavy (non-hydrogen) atoms. The quantitative estimate of drug-likeness (QED) is 0.149. The molecule has 288 valence electrons. The lowest BCUT2D eigenvalue weighted by molar-refractivity contribution is -0.147. The van der Waals surface area contributed by atoms with Crippen LogP contribution in [0.25, 0.3) is 0 Å². The maximum absolute atomic E-state index is 14.4. The molecular formula is C38H53N7O8. The number of nitrogens with zero attached hydrogens (tertiary/aromatic N) is 3. The summed E-state index contributed by atoms with van der Waals surface area (Å²) in [4.78, 5) is 103. The highest BCUT2D eigenvalue weighted by Crippen LogP contribution is 2.31. The Hall–Kier alpha value is -5.21. The number of aliphatic carboxylic acids is 1. The maximum Gasteiger partial charge on any atom is 0.326 e. The Morgan fingerprint density at radius 1 is 0.925 bits per heavy atom. The second kappa shape index (κ2) is 19.0. The van der Waals surface area contributed by atoms with E-state index in [1.807, 2.05) is 6.92 Å². The lowest BCUT2D eigenvalue weighted by atomic mass is 9.85. The third-order valence-electron chi connectivity index (χ3n) is 9.35. The summed E-state index contributed by atoms with van der Waals surface area (Å²) in [5, 5.41) is 20.3. The summed E-state index contributed by atoms with van der Waals surface area (Å²) in [5.74, 6) is -6.43. The molecule has 1 saturated heterocycles. The van der Waals surface area contributed by atoms with Crippen LogP contribution in [-0.2, 0) is 35.2 Å². The average molecular weight is 736 g/mol. The van der Waals surface area contributed by atoms with Gasteiger partial charge in [0, 0.05) is 25.4 Å². The Morgan fingerprint density at radius 2 is 1.60 bits per heavy atom. The summed E-state index contributed by atoms with van der Waals surface area (Å²) in [7, 11) is 0. The number of hydrogen-bond acceptors (Lipinski definition) is 9. The van der Waals surface area contributed by atoms with Crippen molar-refractivity contribution in [3.63, 3.8) is 0 Å². The minimum Gasteiger partial charge on any atom is -0.480 e. The predicted octanol–water partition coefficient (Wildman–Crippen LogP) is 2.06. The smallest absolute Gasteiger partial charge is 0.326 e. The summed E-state index contributed by atoms with van der Waals surface area (Å²) < 4.78 is 0. The first-order valence-electron chi connectivity index (χ1n) is 18.1. The Labute approximate surface area is 310 Å². The van der Waals surface area contributed by atoms with E-state index in [0.29, 0.717) is 24.8 Å². The molecule has 5 amide bonds. The van der Waals surface area contributed by atoms with Crippen LogP contribution in [0.15, 0.2) is 48.9 Å². The Morgan fingerprint density at radius 3 is 2.15 bits per heavy atom. The summed E-state index contributed by atoms with van der Waals surface area (Å²) in [6.07, 6.45) is 5.55. The zero-order valence-electron chi connectivity index (χ0n) is 31.5. The highest BCUT2D eigenvalue weighted by molar-refractivity contribution is 6.38. The van der Waals surface area contributed by atoms with Gasteiger partial charge < -0.3 is 31.3 Å². The monoisotopic (exact) mass is 735 g/mol. The number of carbonyl (C=O) groups excluding carboxylic acids is 6. The largest absolute Gasteiger partial charge is 0.480 e. The summed E-state index contributed by atoms with van der Waals surface area (Å²) >= 11 is 0. The van der Waals surface area contributed by atoms with Crippen LogP contribution in [0.3, 0.4) is 0 Å². The molecule has 0 aliphatic carbocycles. The van der Waals surface area contributed by atoms with Gasteiger partial charge in [0.05, 0.1) is 12.2 Å². The number of hydrogen-bond donors (Lipinski definition) is 5. The SMILES string of the molecule is CCCC(NC(=O)[C@@H]1[C@@H](CC)CCN1C(=O)[C@@H](NC(=O)[C@@H](NC(=O)c1cnccn1)C(C)C)C(C)(C)C)C(=O)C(=O)N[C@@H](Cc1ccccc1)C(=O)O. The number of carboxylic acids is 1. The fourth-order valence-corrected chi connectivity index (χ4v) is 6.35. The number of aromatic nitrogens is 2. The van der Waals surface area contributed by atoms with E-state index in [1.54, 1.807) is 71.9 Å².